The summed E-state index contributed by atoms with van der Waals surface area (Å²) >= 11 is 0. The lowest BCUT2D eigenvalue weighted by molar-refractivity contribution is 0.0206. The smallest absolute Gasteiger partial charge is 0.137 e. The van der Waals surface area contributed by atoms with E-state index in [-0.39, 0.29) is 5.60 Å². The molecule has 4 heteroatoms. The van der Waals surface area contributed by atoms with Crippen LogP contribution in [0.25, 0.3) is 5.65 Å². The summed E-state index contributed by atoms with van der Waals surface area (Å²) in [5.41, 5.74) is 2.08. The lowest BCUT2D eigenvalue weighted by atomic mass is 10.0. The molecule has 18 heavy (non-hydrogen) atoms. The second-order valence-corrected chi connectivity index (χ2v) is 5.20. The lowest BCUT2D eigenvalue weighted by Gasteiger charge is -2.23. The van der Waals surface area contributed by atoms with Crippen molar-refractivity contribution in [3.8, 4) is 0 Å². The van der Waals surface area contributed by atoms with E-state index in [4.69, 9.17) is 4.74 Å². The van der Waals surface area contributed by atoms with Crippen LogP contribution < -0.4 is 5.32 Å². The maximum atomic E-state index is 5.75. The first-order valence-corrected chi connectivity index (χ1v) is 6.53. The Labute approximate surface area is 107 Å². The molecule has 3 heterocycles. The average molecular weight is 245 g/mol. The van der Waals surface area contributed by atoms with Gasteiger partial charge in [-0.05, 0) is 31.9 Å². The van der Waals surface area contributed by atoms with Crippen LogP contribution in [0.2, 0.25) is 0 Å². The van der Waals surface area contributed by atoms with Crippen LogP contribution in [0.15, 0.2) is 30.6 Å². The summed E-state index contributed by atoms with van der Waals surface area (Å²) in [6.07, 6.45) is 6.41. The molecular formula is C14H19N3O. The standard InChI is InChI=1S/C14H19N3O/c1-14(6-4-8-18-14)11-15-9-12-10-17-7-3-2-5-13(17)16-12/h2-3,5,7,10,15H,4,6,8-9,11H2,1H3. The van der Waals surface area contributed by atoms with Crippen LogP contribution in [0.4, 0.5) is 0 Å². The van der Waals surface area contributed by atoms with Crippen LogP contribution >= 0.6 is 0 Å². The number of pyridine rings is 1. The molecule has 4 nitrogen and oxygen atoms in total. The normalized spacial score (nSPS) is 23.8. The third-order valence-corrected chi connectivity index (χ3v) is 3.52. The molecule has 96 valence electrons. The molecule has 1 unspecified atom stereocenters. The Morgan fingerprint density at radius 2 is 2.44 bits per heavy atom. The van der Waals surface area contributed by atoms with Crippen LogP contribution in [0, 0.1) is 0 Å². The van der Waals surface area contributed by atoms with Crippen LogP contribution in [0.3, 0.4) is 0 Å². The summed E-state index contributed by atoms with van der Waals surface area (Å²) < 4.78 is 7.80. The molecule has 0 bridgehead atoms. The monoisotopic (exact) mass is 245 g/mol. The molecule has 1 N–H and O–H groups in total. The third kappa shape index (κ3) is 2.40. The molecule has 0 spiro atoms. The van der Waals surface area contributed by atoms with Gasteiger partial charge in [0.2, 0.25) is 0 Å². The fourth-order valence-corrected chi connectivity index (χ4v) is 2.50. The predicted octanol–water partition coefficient (Wildman–Crippen LogP) is 1.99. The van der Waals surface area contributed by atoms with Gasteiger partial charge < -0.3 is 14.5 Å². The summed E-state index contributed by atoms with van der Waals surface area (Å²) in [6.45, 7) is 4.75. The van der Waals surface area contributed by atoms with E-state index < -0.39 is 0 Å². The van der Waals surface area contributed by atoms with Crippen molar-refractivity contribution in [2.75, 3.05) is 13.2 Å². The van der Waals surface area contributed by atoms with Crippen molar-refractivity contribution in [1.29, 1.82) is 0 Å². The zero-order chi connectivity index (χ0) is 12.4. The number of aromatic nitrogens is 2. The molecule has 3 rings (SSSR count). The summed E-state index contributed by atoms with van der Waals surface area (Å²) in [6, 6.07) is 6.04. The maximum absolute atomic E-state index is 5.75. The molecule has 0 aliphatic carbocycles. The van der Waals surface area contributed by atoms with E-state index in [1.54, 1.807) is 0 Å². The highest BCUT2D eigenvalue weighted by Crippen LogP contribution is 2.23. The quantitative estimate of drug-likeness (QED) is 0.895. The molecule has 2 aromatic rings. The Balaban J connectivity index is 1.59. The van der Waals surface area contributed by atoms with E-state index in [0.29, 0.717) is 0 Å². The first-order valence-electron chi connectivity index (χ1n) is 6.53. The van der Waals surface area contributed by atoms with Crippen LogP contribution in [0.1, 0.15) is 25.5 Å². The molecule has 0 saturated carbocycles. The Morgan fingerprint density at radius 1 is 1.50 bits per heavy atom. The molecule has 0 radical (unpaired) electrons. The minimum atomic E-state index is 0.0131. The Morgan fingerprint density at radius 3 is 3.22 bits per heavy atom. The Hall–Kier alpha value is -1.39. The second kappa shape index (κ2) is 4.71. The maximum Gasteiger partial charge on any atom is 0.137 e. The summed E-state index contributed by atoms with van der Waals surface area (Å²) in [7, 11) is 0. The number of rotatable bonds is 4. The van der Waals surface area contributed by atoms with Gasteiger partial charge in [0.05, 0.1) is 11.3 Å². The highest BCUT2D eigenvalue weighted by Gasteiger charge is 2.28. The van der Waals surface area contributed by atoms with Gasteiger partial charge in [0.25, 0.3) is 0 Å². The molecule has 0 amide bonds. The molecule has 1 atom stereocenters. The Kier molecular flexibility index (Phi) is 3.06. The largest absolute Gasteiger partial charge is 0.374 e. The molecule has 0 aromatic carbocycles. The predicted molar refractivity (Wildman–Crippen MR) is 70.5 cm³/mol. The minimum absolute atomic E-state index is 0.0131. The van der Waals surface area contributed by atoms with Crippen LogP contribution in [-0.2, 0) is 11.3 Å². The molecule has 1 aliphatic rings. The highest BCUT2D eigenvalue weighted by molar-refractivity contribution is 5.39. The first-order chi connectivity index (χ1) is 8.75. The van der Waals surface area contributed by atoms with Gasteiger partial charge in [0, 0.05) is 32.1 Å². The number of nitrogens with zero attached hydrogens (tertiary/aromatic N) is 2. The highest BCUT2D eigenvalue weighted by atomic mass is 16.5. The van der Waals surface area contributed by atoms with Gasteiger partial charge in [-0.2, -0.15) is 0 Å². The minimum Gasteiger partial charge on any atom is -0.374 e. The number of nitrogens with one attached hydrogen (secondary N) is 1. The molecule has 1 aliphatic heterocycles. The average Bonchev–Trinajstić information content (AvgIpc) is 2.95. The lowest BCUT2D eigenvalue weighted by Crippen LogP contribution is -2.36. The summed E-state index contributed by atoms with van der Waals surface area (Å²) in [4.78, 5) is 4.56. The fourth-order valence-electron chi connectivity index (χ4n) is 2.50. The second-order valence-electron chi connectivity index (χ2n) is 5.20. The van der Waals surface area contributed by atoms with Gasteiger partial charge in [0.15, 0.2) is 0 Å². The first kappa shape index (κ1) is 11.7. The van der Waals surface area contributed by atoms with Gasteiger partial charge >= 0.3 is 0 Å². The van der Waals surface area contributed by atoms with Crippen molar-refractivity contribution >= 4 is 5.65 Å². The molecular weight excluding hydrogens is 226 g/mol. The van der Waals surface area contributed by atoms with Crippen molar-refractivity contribution in [1.82, 2.24) is 14.7 Å². The molecule has 1 saturated heterocycles. The number of imidazole rings is 1. The number of ether oxygens (including phenoxy) is 1. The number of hydrogen-bond donors (Lipinski definition) is 1. The number of hydrogen-bond acceptors (Lipinski definition) is 3. The van der Waals surface area contributed by atoms with E-state index in [2.05, 4.69) is 23.4 Å². The number of fused-ring (bicyclic) bond motifs is 1. The van der Waals surface area contributed by atoms with Gasteiger partial charge in [-0.25, -0.2) is 4.98 Å². The van der Waals surface area contributed by atoms with Gasteiger partial charge in [-0.3, -0.25) is 0 Å². The van der Waals surface area contributed by atoms with Crippen LogP contribution in [-0.4, -0.2) is 28.1 Å². The molecule has 2 aromatic heterocycles. The molecule has 1 fully saturated rings. The van der Waals surface area contributed by atoms with Gasteiger partial charge in [-0.15, -0.1) is 0 Å². The zero-order valence-electron chi connectivity index (χ0n) is 10.7. The van der Waals surface area contributed by atoms with E-state index in [9.17, 15) is 0 Å². The van der Waals surface area contributed by atoms with Crippen molar-refractivity contribution < 1.29 is 4.74 Å². The van der Waals surface area contributed by atoms with E-state index in [1.165, 1.54) is 6.42 Å². The van der Waals surface area contributed by atoms with Crippen LogP contribution in [0.5, 0.6) is 0 Å². The van der Waals surface area contributed by atoms with Crippen molar-refractivity contribution in [3.63, 3.8) is 0 Å². The topological polar surface area (TPSA) is 38.6 Å². The van der Waals surface area contributed by atoms with Gasteiger partial charge in [-0.1, -0.05) is 6.07 Å². The fraction of sp³-hybridized carbons (Fsp3) is 0.500. The summed E-state index contributed by atoms with van der Waals surface area (Å²) in [5, 5.41) is 3.44. The van der Waals surface area contributed by atoms with E-state index in [1.807, 2.05) is 28.8 Å². The van der Waals surface area contributed by atoms with Gasteiger partial charge in [0.1, 0.15) is 5.65 Å². The van der Waals surface area contributed by atoms with Crippen molar-refractivity contribution in [2.24, 2.45) is 0 Å². The summed E-state index contributed by atoms with van der Waals surface area (Å²) in [5.74, 6) is 0. The third-order valence-electron chi connectivity index (χ3n) is 3.52. The SMILES string of the molecule is CC1(CNCc2cn3ccccc3n2)CCCO1. The van der Waals surface area contributed by atoms with Crippen molar-refractivity contribution in [3.05, 3.63) is 36.3 Å². The van der Waals surface area contributed by atoms with E-state index >= 15 is 0 Å². The Bertz CT molecular complexity index is 496. The van der Waals surface area contributed by atoms with E-state index in [0.717, 1.165) is 37.5 Å². The zero-order valence-corrected chi connectivity index (χ0v) is 10.7. The van der Waals surface area contributed by atoms with Crippen molar-refractivity contribution in [2.45, 2.75) is 31.9 Å².